The highest BCUT2D eigenvalue weighted by molar-refractivity contribution is 7.17. The van der Waals surface area contributed by atoms with E-state index < -0.39 is 11.9 Å². The summed E-state index contributed by atoms with van der Waals surface area (Å²) in [5.74, 6) is -1.87. The van der Waals surface area contributed by atoms with Crippen LogP contribution in [-0.2, 0) is 4.79 Å². The number of nitrogens with zero attached hydrogens (tertiary/aromatic N) is 2. The number of likely N-dealkylation sites (tertiary alicyclic amines) is 1. The van der Waals surface area contributed by atoms with Crippen LogP contribution in [0.15, 0.2) is 24.3 Å². The Kier molecular flexibility index (Phi) is 4.12. The largest absolute Gasteiger partial charge is 0.481 e. The van der Waals surface area contributed by atoms with Crippen LogP contribution in [-0.4, -0.2) is 40.0 Å². The molecule has 1 aromatic carbocycles. The zero-order valence-electron chi connectivity index (χ0n) is 12.5. The molecule has 2 heterocycles. The van der Waals surface area contributed by atoms with Crippen molar-refractivity contribution in [3.8, 4) is 10.6 Å². The lowest BCUT2D eigenvalue weighted by molar-refractivity contribution is -0.141. The first kappa shape index (κ1) is 15.6. The summed E-state index contributed by atoms with van der Waals surface area (Å²) in [6.07, 6.45) is 0.476. The number of carboxylic acids is 1. The maximum absolute atomic E-state index is 13.0. The number of aromatic nitrogens is 1. The number of aryl methyl sites for hydroxylation is 1. The Morgan fingerprint density at radius 2 is 2.04 bits per heavy atom. The third-order valence-corrected chi connectivity index (χ3v) is 5.10. The van der Waals surface area contributed by atoms with E-state index in [-0.39, 0.29) is 18.3 Å². The molecule has 1 fully saturated rings. The fourth-order valence-electron chi connectivity index (χ4n) is 2.60. The number of aliphatic carboxylic acids is 1. The molecule has 0 saturated carbocycles. The van der Waals surface area contributed by atoms with Gasteiger partial charge in [-0.05, 0) is 37.6 Å². The third-order valence-electron chi connectivity index (χ3n) is 3.91. The molecule has 1 aliphatic rings. The normalized spacial score (nSPS) is 17.5. The number of carbonyl (C=O) groups is 2. The minimum atomic E-state index is -0.867. The van der Waals surface area contributed by atoms with Crippen molar-refractivity contribution in [2.75, 3.05) is 13.1 Å². The summed E-state index contributed by atoms with van der Waals surface area (Å²) >= 11 is 1.25. The van der Waals surface area contributed by atoms with Crippen LogP contribution in [0.1, 0.15) is 21.8 Å². The zero-order chi connectivity index (χ0) is 16.6. The highest BCUT2D eigenvalue weighted by atomic mass is 32.1. The lowest BCUT2D eigenvalue weighted by atomic mass is 10.1. The standard InChI is InChI=1S/C16H15FN2O3S/c1-9-13(15(20)19-7-6-11(8-19)16(21)22)23-14(18-9)10-2-4-12(17)5-3-10/h2-5,11H,6-8H2,1H3,(H,21,22). The van der Waals surface area contributed by atoms with Crippen LogP contribution in [0.3, 0.4) is 0 Å². The van der Waals surface area contributed by atoms with Crippen molar-refractivity contribution in [3.63, 3.8) is 0 Å². The predicted molar refractivity (Wildman–Crippen MR) is 83.9 cm³/mol. The van der Waals surface area contributed by atoms with Gasteiger partial charge in [0, 0.05) is 18.7 Å². The molecular formula is C16H15FN2O3S. The Bertz CT molecular complexity index is 757. The number of carboxylic acid groups (broad SMARTS) is 1. The molecule has 5 nitrogen and oxygen atoms in total. The Morgan fingerprint density at radius 1 is 1.35 bits per heavy atom. The molecule has 1 amide bonds. The predicted octanol–water partition coefficient (Wildman–Crippen LogP) is 2.80. The average molecular weight is 334 g/mol. The van der Waals surface area contributed by atoms with Crippen LogP contribution in [0.5, 0.6) is 0 Å². The van der Waals surface area contributed by atoms with Gasteiger partial charge in [0.2, 0.25) is 0 Å². The maximum atomic E-state index is 13.0. The van der Waals surface area contributed by atoms with Gasteiger partial charge in [-0.1, -0.05) is 0 Å². The number of thiazole rings is 1. The van der Waals surface area contributed by atoms with Crippen molar-refractivity contribution in [2.24, 2.45) is 5.92 Å². The molecule has 0 spiro atoms. The zero-order valence-corrected chi connectivity index (χ0v) is 13.3. The van der Waals surface area contributed by atoms with E-state index in [9.17, 15) is 14.0 Å². The highest BCUT2D eigenvalue weighted by Gasteiger charge is 2.32. The van der Waals surface area contributed by atoms with E-state index in [4.69, 9.17) is 5.11 Å². The summed E-state index contributed by atoms with van der Waals surface area (Å²) in [7, 11) is 0. The second kappa shape index (κ2) is 6.08. The van der Waals surface area contributed by atoms with Gasteiger partial charge in [-0.25, -0.2) is 9.37 Å². The first-order valence-corrected chi connectivity index (χ1v) is 8.03. The number of hydrogen-bond donors (Lipinski definition) is 1. The van der Waals surface area contributed by atoms with Gasteiger partial charge in [-0.3, -0.25) is 9.59 Å². The summed E-state index contributed by atoms with van der Waals surface area (Å²) in [6.45, 7) is 2.43. The number of rotatable bonds is 3. The summed E-state index contributed by atoms with van der Waals surface area (Å²) in [5.41, 5.74) is 1.36. The van der Waals surface area contributed by atoms with E-state index >= 15 is 0 Å². The van der Waals surface area contributed by atoms with E-state index in [2.05, 4.69) is 4.98 Å². The lowest BCUT2D eigenvalue weighted by Gasteiger charge is -2.14. The molecule has 120 valence electrons. The first-order valence-electron chi connectivity index (χ1n) is 7.21. The van der Waals surface area contributed by atoms with E-state index in [0.717, 1.165) is 5.56 Å². The summed E-state index contributed by atoms with van der Waals surface area (Å²) in [5, 5.41) is 9.69. The summed E-state index contributed by atoms with van der Waals surface area (Å²) in [4.78, 5) is 30.1. The Hall–Kier alpha value is -2.28. The Labute approximate surface area is 136 Å². The van der Waals surface area contributed by atoms with E-state index in [1.54, 1.807) is 24.0 Å². The van der Waals surface area contributed by atoms with E-state index in [1.807, 2.05) is 0 Å². The van der Waals surface area contributed by atoms with Gasteiger partial charge in [-0.2, -0.15) is 0 Å². The lowest BCUT2D eigenvalue weighted by Crippen LogP contribution is -2.29. The van der Waals surface area contributed by atoms with Crippen molar-refractivity contribution in [3.05, 3.63) is 40.7 Å². The Balaban J connectivity index is 1.82. The van der Waals surface area contributed by atoms with Gasteiger partial charge in [0.1, 0.15) is 15.7 Å². The molecule has 1 atom stereocenters. The van der Waals surface area contributed by atoms with Crippen LogP contribution >= 0.6 is 11.3 Å². The van der Waals surface area contributed by atoms with Gasteiger partial charge in [0.05, 0.1) is 11.6 Å². The molecule has 7 heteroatoms. The number of carbonyl (C=O) groups excluding carboxylic acids is 1. The molecule has 1 saturated heterocycles. The van der Waals surface area contributed by atoms with Crippen LogP contribution in [0, 0.1) is 18.7 Å². The minimum absolute atomic E-state index is 0.183. The fourth-order valence-corrected chi connectivity index (χ4v) is 3.64. The topological polar surface area (TPSA) is 70.5 Å². The van der Waals surface area contributed by atoms with Crippen molar-refractivity contribution >= 4 is 23.2 Å². The molecule has 1 N–H and O–H groups in total. The molecule has 23 heavy (non-hydrogen) atoms. The number of hydrogen-bond acceptors (Lipinski definition) is 4. The number of benzene rings is 1. The van der Waals surface area contributed by atoms with Crippen molar-refractivity contribution in [1.29, 1.82) is 0 Å². The highest BCUT2D eigenvalue weighted by Crippen LogP contribution is 2.30. The van der Waals surface area contributed by atoms with Crippen LogP contribution < -0.4 is 0 Å². The van der Waals surface area contributed by atoms with Crippen LogP contribution in [0.4, 0.5) is 4.39 Å². The van der Waals surface area contributed by atoms with Gasteiger partial charge in [0.25, 0.3) is 5.91 Å². The fraction of sp³-hybridized carbons (Fsp3) is 0.312. The second-order valence-corrected chi connectivity index (χ2v) is 6.51. The summed E-state index contributed by atoms with van der Waals surface area (Å²) < 4.78 is 13.0. The van der Waals surface area contributed by atoms with E-state index in [1.165, 1.54) is 23.5 Å². The quantitative estimate of drug-likeness (QED) is 0.937. The SMILES string of the molecule is Cc1nc(-c2ccc(F)cc2)sc1C(=O)N1CCC(C(=O)O)C1. The minimum Gasteiger partial charge on any atom is -0.481 e. The average Bonchev–Trinajstić information content (AvgIpc) is 3.14. The Morgan fingerprint density at radius 3 is 2.65 bits per heavy atom. The second-order valence-electron chi connectivity index (χ2n) is 5.52. The number of amides is 1. The molecule has 1 aliphatic heterocycles. The molecular weight excluding hydrogens is 319 g/mol. The molecule has 1 unspecified atom stereocenters. The van der Waals surface area contributed by atoms with Gasteiger partial charge in [-0.15, -0.1) is 11.3 Å². The monoisotopic (exact) mass is 334 g/mol. The van der Waals surface area contributed by atoms with Crippen molar-refractivity contribution < 1.29 is 19.1 Å². The molecule has 2 aromatic rings. The molecule has 0 radical (unpaired) electrons. The first-order chi connectivity index (χ1) is 11.0. The maximum Gasteiger partial charge on any atom is 0.308 e. The molecule has 0 aliphatic carbocycles. The number of halogens is 1. The molecule has 1 aromatic heterocycles. The van der Waals surface area contributed by atoms with Gasteiger partial charge >= 0.3 is 5.97 Å². The summed E-state index contributed by atoms with van der Waals surface area (Å²) in [6, 6.07) is 5.95. The van der Waals surface area contributed by atoms with Crippen molar-refractivity contribution in [2.45, 2.75) is 13.3 Å². The smallest absolute Gasteiger partial charge is 0.308 e. The van der Waals surface area contributed by atoms with E-state index in [0.29, 0.717) is 28.5 Å². The van der Waals surface area contributed by atoms with Gasteiger partial charge < -0.3 is 10.0 Å². The molecule has 3 rings (SSSR count). The van der Waals surface area contributed by atoms with Crippen LogP contribution in [0.25, 0.3) is 10.6 Å². The van der Waals surface area contributed by atoms with Gasteiger partial charge in [0.15, 0.2) is 0 Å². The molecule has 0 bridgehead atoms. The van der Waals surface area contributed by atoms with Crippen LogP contribution in [0.2, 0.25) is 0 Å². The van der Waals surface area contributed by atoms with Crippen molar-refractivity contribution in [1.82, 2.24) is 9.88 Å². The third kappa shape index (κ3) is 3.10.